The molecule has 0 heterocycles. The topological polar surface area (TPSA) is 74.6 Å². The Morgan fingerprint density at radius 3 is 1.18 bits per heavy atom. The van der Waals surface area contributed by atoms with Gasteiger partial charge in [0.1, 0.15) is 0 Å². The van der Waals surface area contributed by atoms with E-state index in [-0.39, 0.29) is 0 Å². The number of rotatable bonds is 0. The van der Waals surface area contributed by atoms with Gasteiger partial charge in [-0.1, -0.05) is 48.5 Å². The molecule has 0 aliphatic carbocycles. The normalized spacial score (nSPS) is 9.65. The number of hydrogen-bond acceptors (Lipinski definition) is 3. The average molecular weight is 256 g/mol. The Morgan fingerprint density at radius 1 is 0.824 bits per heavy atom. The van der Waals surface area contributed by atoms with Crippen LogP contribution in [0.4, 0.5) is 0 Å². The lowest BCUT2D eigenvalue weighted by molar-refractivity contribution is 0.399. The van der Waals surface area contributed by atoms with Crippen molar-refractivity contribution < 1.29 is 18.1 Å². The van der Waals surface area contributed by atoms with Crippen molar-refractivity contribution in [2.45, 2.75) is 0 Å². The van der Waals surface area contributed by atoms with Gasteiger partial charge in [0.05, 0.1) is 6.26 Å². The van der Waals surface area contributed by atoms with Crippen molar-refractivity contribution in [1.82, 2.24) is 0 Å². The quantitative estimate of drug-likeness (QED) is 0.706. The molecule has 2 aromatic rings. The van der Waals surface area contributed by atoms with Crippen molar-refractivity contribution in [3.63, 3.8) is 0 Å². The molecule has 0 amide bonds. The molecule has 0 aromatic heterocycles. The van der Waals surface area contributed by atoms with Crippen LogP contribution in [0.2, 0.25) is 0 Å². The van der Waals surface area contributed by atoms with E-state index in [0.29, 0.717) is 6.26 Å². The van der Waals surface area contributed by atoms with Crippen molar-refractivity contribution >= 4 is 20.9 Å². The monoisotopic (exact) mass is 256 g/mol. The molecule has 5 heteroatoms. The fourth-order valence-electron chi connectivity index (χ4n) is 1.13. The molecule has 4 nitrogen and oxygen atoms in total. The first-order valence-corrected chi connectivity index (χ1v) is 6.62. The highest BCUT2D eigenvalue weighted by atomic mass is 32.2. The van der Waals surface area contributed by atoms with E-state index in [4.69, 9.17) is 9.66 Å². The van der Waals surface area contributed by atoms with E-state index in [1.165, 1.54) is 10.8 Å². The summed E-state index contributed by atoms with van der Waals surface area (Å²) in [6, 6.07) is 16.7. The fourth-order valence-corrected chi connectivity index (χ4v) is 1.13. The van der Waals surface area contributed by atoms with Gasteiger partial charge in [-0.15, -0.1) is 0 Å². The maximum atomic E-state index is 9.19. The van der Waals surface area contributed by atoms with Crippen LogP contribution in [-0.4, -0.2) is 31.4 Å². The third kappa shape index (κ3) is 8.38. The van der Waals surface area contributed by atoms with Crippen LogP contribution in [0.5, 0.6) is 0 Å². The SMILES string of the molecule is CO.CS(=O)(=O)O.c1ccc2ccccc2c1. The smallest absolute Gasteiger partial charge is 0.261 e. The molecule has 17 heavy (non-hydrogen) atoms. The second kappa shape index (κ2) is 7.78. The Hall–Kier alpha value is -1.43. The lowest BCUT2D eigenvalue weighted by Crippen LogP contribution is -1.88. The zero-order chi connectivity index (χ0) is 13.3. The molecule has 0 aliphatic rings. The van der Waals surface area contributed by atoms with Crippen LogP contribution in [0.3, 0.4) is 0 Å². The van der Waals surface area contributed by atoms with E-state index >= 15 is 0 Å². The highest BCUT2D eigenvalue weighted by Crippen LogP contribution is 2.11. The largest absolute Gasteiger partial charge is 0.400 e. The van der Waals surface area contributed by atoms with Crippen LogP contribution < -0.4 is 0 Å². The van der Waals surface area contributed by atoms with Crippen LogP contribution in [0, 0.1) is 0 Å². The molecule has 0 aliphatic heterocycles. The molecule has 0 unspecified atom stereocenters. The third-order valence-corrected chi connectivity index (χ3v) is 1.66. The summed E-state index contributed by atoms with van der Waals surface area (Å²) in [5.41, 5.74) is 0. The second-order valence-electron chi connectivity index (χ2n) is 3.08. The predicted octanol–water partition coefficient (Wildman–Crippen LogP) is 1.95. The Bertz CT molecular complexity index is 461. The van der Waals surface area contributed by atoms with Crippen molar-refractivity contribution in [2.24, 2.45) is 0 Å². The summed E-state index contributed by atoms with van der Waals surface area (Å²) < 4.78 is 25.9. The Morgan fingerprint density at radius 2 is 1.00 bits per heavy atom. The minimum atomic E-state index is -3.67. The summed E-state index contributed by atoms with van der Waals surface area (Å²) in [6.45, 7) is 0. The van der Waals surface area contributed by atoms with Crippen LogP contribution in [-0.2, 0) is 10.1 Å². The van der Waals surface area contributed by atoms with Gasteiger partial charge in [-0.25, -0.2) is 0 Å². The first kappa shape index (κ1) is 15.6. The molecule has 94 valence electrons. The van der Waals surface area contributed by atoms with Crippen molar-refractivity contribution in [1.29, 1.82) is 0 Å². The van der Waals surface area contributed by atoms with Gasteiger partial charge < -0.3 is 5.11 Å². The molecule has 0 saturated heterocycles. The highest BCUT2D eigenvalue weighted by Gasteiger charge is 1.85. The van der Waals surface area contributed by atoms with Crippen molar-refractivity contribution in [3.05, 3.63) is 48.5 Å². The molecule has 2 N–H and O–H groups in total. The Balaban J connectivity index is 0.000000315. The van der Waals surface area contributed by atoms with Crippen LogP contribution >= 0.6 is 0 Å². The lowest BCUT2D eigenvalue weighted by Gasteiger charge is -1.92. The van der Waals surface area contributed by atoms with E-state index in [2.05, 4.69) is 48.5 Å². The molecule has 0 spiro atoms. The summed E-state index contributed by atoms with van der Waals surface area (Å²) in [7, 11) is -2.67. The van der Waals surface area contributed by atoms with Crippen molar-refractivity contribution in [2.75, 3.05) is 13.4 Å². The van der Waals surface area contributed by atoms with Gasteiger partial charge in [0.2, 0.25) is 0 Å². The van der Waals surface area contributed by atoms with Gasteiger partial charge >= 0.3 is 0 Å². The number of benzene rings is 2. The van der Waals surface area contributed by atoms with Gasteiger partial charge in [0.15, 0.2) is 0 Å². The fraction of sp³-hybridized carbons (Fsp3) is 0.167. The molecular weight excluding hydrogens is 240 g/mol. The number of aliphatic hydroxyl groups excluding tert-OH is 1. The van der Waals surface area contributed by atoms with E-state index in [9.17, 15) is 8.42 Å². The summed E-state index contributed by atoms with van der Waals surface area (Å²) in [6.07, 6.45) is 0.715. The van der Waals surface area contributed by atoms with Gasteiger partial charge in [-0.05, 0) is 10.8 Å². The van der Waals surface area contributed by atoms with Crippen LogP contribution in [0.15, 0.2) is 48.5 Å². The predicted molar refractivity (Wildman–Crippen MR) is 69.6 cm³/mol. The zero-order valence-corrected chi connectivity index (χ0v) is 10.6. The number of fused-ring (bicyclic) bond motifs is 1. The maximum absolute atomic E-state index is 9.19. The Labute approximate surface area is 101 Å². The van der Waals surface area contributed by atoms with E-state index in [0.717, 1.165) is 7.11 Å². The summed E-state index contributed by atoms with van der Waals surface area (Å²) in [5.74, 6) is 0. The standard InChI is InChI=1S/C10H8.CH4O3S.CH4O/c1-2-6-10-8-4-3-7-9(10)5-1;1-5(2,3)4;1-2/h1-8H;1H3,(H,2,3,4);2H,1H3. The van der Waals surface area contributed by atoms with E-state index in [1.807, 2.05) is 0 Å². The first-order valence-electron chi connectivity index (χ1n) is 4.78. The molecule has 2 aromatic carbocycles. The highest BCUT2D eigenvalue weighted by molar-refractivity contribution is 7.85. The summed E-state index contributed by atoms with van der Waals surface area (Å²) >= 11 is 0. The molecule has 0 bridgehead atoms. The first-order chi connectivity index (χ1) is 7.97. The average Bonchev–Trinajstić information content (AvgIpc) is 2.30. The zero-order valence-electron chi connectivity index (χ0n) is 9.74. The maximum Gasteiger partial charge on any atom is 0.261 e. The van der Waals surface area contributed by atoms with Crippen LogP contribution in [0.1, 0.15) is 0 Å². The number of hydrogen-bond donors (Lipinski definition) is 2. The van der Waals surface area contributed by atoms with Crippen molar-refractivity contribution in [3.8, 4) is 0 Å². The second-order valence-corrected chi connectivity index (χ2v) is 4.55. The Kier molecular flexibility index (Phi) is 7.13. The molecule has 0 radical (unpaired) electrons. The van der Waals surface area contributed by atoms with Gasteiger partial charge in [-0.3, -0.25) is 4.55 Å². The molecule has 0 saturated carbocycles. The third-order valence-electron chi connectivity index (χ3n) is 1.66. The minimum absolute atomic E-state index is 0.715. The van der Waals surface area contributed by atoms with Gasteiger partial charge in [0, 0.05) is 7.11 Å². The molecular formula is C12H16O4S. The minimum Gasteiger partial charge on any atom is -0.400 e. The van der Waals surface area contributed by atoms with E-state index < -0.39 is 10.1 Å². The molecule has 0 fully saturated rings. The summed E-state index contributed by atoms with van der Waals surface area (Å²) in [5, 5.41) is 9.62. The molecule has 2 rings (SSSR count). The van der Waals surface area contributed by atoms with Gasteiger partial charge in [-0.2, -0.15) is 8.42 Å². The van der Waals surface area contributed by atoms with Crippen LogP contribution in [0.25, 0.3) is 10.8 Å². The molecule has 0 atom stereocenters. The van der Waals surface area contributed by atoms with E-state index in [1.54, 1.807) is 0 Å². The van der Waals surface area contributed by atoms with Gasteiger partial charge in [0.25, 0.3) is 10.1 Å². The number of aliphatic hydroxyl groups is 1. The lowest BCUT2D eigenvalue weighted by atomic mass is 10.1. The summed E-state index contributed by atoms with van der Waals surface area (Å²) in [4.78, 5) is 0.